The van der Waals surface area contributed by atoms with E-state index in [1.807, 2.05) is 19.1 Å². The molecule has 0 fully saturated rings. The van der Waals surface area contributed by atoms with Crippen LogP contribution in [-0.2, 0) is 4.79 Å². The van der Waals surface area contributed by atoms with Crippen LogP contribution in [0.4, 0.5) is 0 Å². The number of hydrogen-bond donors (Lipinski definition) is 0. The normalized spacial score (nSPS) is 21.3. The second kappa shape index (κ2) is 3.55. The Kier molecular flexibility index (Phi) is 2.21. The first-order chi connectivity index (χ1) is 8.50. The molecule has 3 nitrogen and oxygen atoms in total. The molecular formula is C15H14O3. The molecule has 0 amide bonds. The largest absolute Gasteiger partial charge is 0.493 e. The zero-order valence-corrected chi connectivity index (χ0v) is 10.7. The molecule has 0 saturated heterocycles. The Hall–Kier alpha value is -1.90. The Bertz CT molecular complexity index is 623. The number of carbonyl (C=O) groups is 2. The van der Waals surface area contributed by atoms with E-state index in [0.29, 0.717) is 17.7 Å². The van der Waals surface area contributed by atoms with Gasteiger partial charge in [0.1, 0.15) is 5.75 Å². The predicted octanol–water partition coefficient (Wildman–Crippen LogP) is 2.66. The highest BCUT2D eigenvalue weighted by atomic mass is 16.5. The summed E-state index contributed by atoms with van der Waals surface area (Å²) < 4.78 is 5.63. The van der Waals surface area contributed by atoms with Gasteiger partial charge in [0.15, 0.2) is 0 Å². The number of aryl methyl sites for hydroxylation is 1. The zero-order valence-electron chi connectivity index (χ0n) is 10.7. The topological polar surface area (TPSA) is 43.4 Å². The number of Topliss-reactive ketones (excluding diaryl/α,β-unsaturated/α-hetero) is 2. The van der Waals surface area contributed by atoms with Crippen molar-refractivity contribution in [3.8, 4) is 5.75 Å². The van der Waals surface area contributed by atoms with Crippen LogP contribution in [0.15, 0.2) is 11.6 Å². The molecule has 92 valence electrons. The SMILES string of the molecule is CC1=Cc2c(c(C)cc3c2[C@@H](C)CO3)C(=O)C1=O. The number of rotatable bonds is 0. The van der Waals surface area contributed by atoms with Crippen molar-refractivity contribution in [2.45, 2.75) is 26.7 Å². The smallest absolute Gasteiger partial charge is 0.234 e. The quantitative estimate of drug-likeness (QED) is 0.657. The number of allylic oxidation sites excluding steroid dienone is 1. The molecule has 3 rings (SSSR count). The monoisotopic (exact) mass is 242 g/mol. The van der Waals surface area contributed by atoms with Crippen molar-refractivity contribution >= 4 is 17.6 Å². The minimum atomic E-state index is -0.392. The standard InChI is InChI=1S/C15H14O3/c1-7-5-11-12(9(3)6-18-11)10-4-8(2)14(16)15(17)13(7)10/h4-5,9H,6H2,1-3H3/t9-/m0/s1. The molecule has 2 aliphatic rings. The summed E-state index contributed by atoms with van der Waals surface area (Å²) in [6, 6.07) is 1.87. The molecule has 18 heavy (non-hydrogen) atoms. The molecule has 0 bridgehead atoms. The lowest BCUT2D eigenvalue weighted by Gasteiger charge is -2.18. The minimum Gasteiger partial charge on any atom is -0.493 e. The third kappa shape index (κ3) is 1.30. The zero-order chi connectivity index (χ0) is 13.0. The Morgan fingerprint density at radius 3 is 2.67 bits per heavy atom. The lowest BCUT2D eigenvalue weighted by Crippen LogP contribution is -2.22. The summed E-state index contributed by atoms with van der Waals surface area (Å²) in [5.41, 5.74) is 3.84. The number of fused-ring (bicyclic) bond motifs is 3. The molecule has 0 aromatic heterocycles. The van der Waals surface area contributed by atoms with Gasteiger partial charge in [-0.15, -0.1) is 0 Å². The van der Waals surface area contributed by atoms with Gasteiger partial charge in [0.2, 0.25) is 11.6 Å². The average molecular weight is 242 g/mol. The van der Waals surface area contributed by atoms with Gasteiger partial charge in [0, 0.05) is 22.6 Å². The van der Waals surface area contributed by atoms with Crippen LogP contribution in [-0.4, -0.2) is 18.2 Å². The van der Waals surface area contributed by atoms with Crippen molar-refractivity contribution in [2.24, 2.45) is 0 Å². The van der Waals surface area contributed by atoms with Crippen LogP contribution in [0.5, 0.6) is 5.75 Å². The molecule has 0 N–H and O–H groups in total. The van der Waals surface area contributed by atoms with Crippen LogP contribution < -0.4 is 4.74 Å². The summed E-state index contributed by atoms with van der Waals surface area (Å²) >= 11 is 0. The van der Waals surface area contributed by atoms with Gasteiger partial charge in [-0.3, -0.25) is 9.59 Å². The fraction of sp³-hybridized carbons (Fsp3) is 0.333. The summed E-state index contributed by atoms with van der Waals surface area (Å²) in [5, 5.41) is 0. The van der Waals surface area contributed by atoms with Crippen LogP contribution in [0, 0.1) is 6.92 Å². The number of ketones is 2. The third-order valence-electron chi connectivity index (χ3n) is 3.70. The molecule has 3 heteroatoms. The van der Waals surface area contributed by atoms with Crippen LogP contribution in [0.3, 0.4) is 0 Å². The Labute approximate surface area is 105 Å². The van der Waals surface area contributed by atoms with E-state index in [0.717, 1.165) is 22.4 Å². The maximum Gasteiger partial charge on any atom is 0.234 e. The van der Waals surface area contributed by atoms with E-state index in [1.54, 1.807) is 6.92 Å². The van der Waals surface area contributed by atoms with Gasteiger partial charge in [-0.25, -0.2) is 0 Å². The maximum atomic E-state index is 12.1. The molecule has 0 spiro atoms. The number of hydrogen-bond acceptors (Lipinski definition) is 3. The van der Waals surface area contributed by atoms with Crippen LogP contribution in [0.2, 0.25) is 0 Å². The minimum absolute atomic E-state index is 0.263. The first kappa shape index (κ1) is 11.2. The molecule has 0 radical (unpaired) electrons. The van der Waals surface area contributed by atoms with E-state index in [9.17, 15) is 9.59 Å². The Morgan fingerprint density at radius 2 is 1.94 bits per heavy atom. The van der Waals surface area contributed by atoms with E-state index >= 15 is 0 Å². The van der Waals surface area contributed by atoms with Crippen LogP contribution in [0.25, 0.3) is 6.08 Å². The molecule has 1 aromatic rings. The van der Waals surface area contributed by atoms with Crippen LogP contribution >= 0.6 is 0 Å². The van der Waals surface area contributed by atoms with E-state index in [1.165, 1.54) is 0 Å². The second-order valence-corrected chi connectivity index (χ2v) is 5.09. The van der Waals surface area contributed by atoms with Crippen molar-refractivity contribution in [3.63, 3.8) is 0 Å². The lowest BCUT2D eigenvalue weighted by molar-refractivity contribution is -0.111. The molecule has 1 atom stereocenters. The van der Waals surface area contributed by atoms with E-state index < -0.39 is 5.78 Å². The summed E-state index contributed by atoms with van der Waals surface area (Å²) in [6.07, 6.45) is 1.83. The van der Waals surface area contributed by atoms with Gasteiger partial charge in [-0.1, -0.05) is 6.92 Å². The maximum absolute atomic E-state index is 12.1. The second-order valence-electron chi connectivity index (χ2n) is 5.09. The van der Waals surface area contributed by atoms with Crippen molar-refractivity contribution in [1.82, 2.24) is 0 Å². The van der Waals surface area contributed by atoms with Gasteiger partial charge in [0.05, 0.1) is 6.61 Å². The molecule has 1 aliphatic heterocycles. The third-order valence-corrected chi connectivity index (χ3v) is 3.70. The fourth-order valence-electron chi connectivity index (χ4n) is 2.78. The number of benzene rings is 1. The summed E-state index contributed by atoms with van der Waals surface area (Å²) in [7, 11) is 0. The summed E-state index contributed by atoms with van der Waals surface area (Å²) in [5.74, 6) is 0.339. The van der Waals surface area contributed by atoms with E-state index in [2.05, 4.69) is 6.92 Å². The van der Waals surface area contributed by atoms with Crippen LogP contribution in [0.1, 0.15) is 46.8 Å². The van der Waals surface area contributed by atoms with Gasteiger partial charge in [0.25, 0.3) is 0 Å². The van der Waals surface area contributed by atoms with Crippen molar-refractivity contribution in [1.29, 1.82) is 0 Å². The molecular weight excluding hydrogens is 228 g/mol. The van der Waals surface area contributed by atoms with Gasteiger partial charge in [-0.2, -0.15) is 0 Å². The first-order valence-corrected chi connectivity index (χ1v) is 6.08. The Morgan fingerprint density at radius 1 is 1.22 bits per heavy atom. The highest BCUT2D eigenvalue weighted by Gasteiger charge is 2.33. The Balaban J connectivity index is 2.38. The number of carbonyl (C=O) groups excluding carboxylic acids is 2. The van der Waals surface area contributed by atoms with E-state index in [-0.39, 0.29) is 11.7 Å². The van der Waals surface area contributed by atoms with Crippen molar-refractivity contribution in [3.05, 3.63) is 33.9 Å². The highest BCUT2D eigenvalue weighted by molar-refractivity contribution is 6.52. The molecule has 1 heterocycles. The highest BCUT2D eigenvalue weighted by Crippen LogP contribution is 2.42. The molecule has 1 aromatic carbocycles. The van der Waals surface area contributed by atoms with E-state index in [4.69, 9.17) is 4.74 Å². The van der Waals surface area contributed by atoms with Crippen molar-refractivity contribution in [2.75, 3.05) is 6.61 Å². The fourth-order valence-corrected chi connectivity index (χ4v) is 2.78. The van der Waals surface area contributed by atoms with Gasteiger partial charge >= 0.3 is 0 Å². The first-order valence-electron chi connectivity index (χ1n) is 6.08. The molecule has 0 saturated carbocycles. The van der Waals surface area contributed by atoms with Crippen molar-refractivity contribution < 1.29 is 14.3 Å². The summed E-state index contributed by atoms with van der Waals surface area (Å²) in [6.45, 7) is 6.26. The van der Waals surface area contributed by atoms with Gasteiger partial charge in [-0.05, 0) is 37.1 Å². The molecule has 0 unspecified atom stereocenters. The molecule has 1 aliphatic carbocycles. The number of ether oxygens (including phenoxy) is 1. The average Bonchev–Trinajstić information content (AvgIpc) is 2.67. The van der Waals surface area contributed by atoms with Gasteiger partial charge < -0.3 is 4.74 Å². The lowest BCUT2D eigenvalue weighted by atomic mass is 9.82. The summed E-state index contributed by atoms with van der Waals surface area (Å²) in [4.78, 5) is 23.9. The predicted molar refractivity (Wildman–Crippen MR) is 68.1 cm³/mol.